The molecule has 0 atom stereocenters. The molecular formula is C11H13NOS. The van der Waals surface area contributed by atoms with Gasteiger partial charge in [-0.15, -0.1) is 11.3 Å². The summed E-state index contributed by atoms with van der Waals surface area (Å²) in [5.74, 6) is 0.142. The Balaban J connectivity index is 2.91. The van der Waals surface area contributed by atoms with Crippen molar-refractivity contribution in [1.29, 1.82) is 0 Å². The molecule has 2 nitrogen and oxygen atoms in total. The molecule has 0 fully saturated rings. The first kappa shape index (κ1) is 9.46. The number of hydrogen-bond donors (Lipinski definition) is 0. The van der Waals surface area contributed by atoms with E-state index in [4.69, 9.17) is 0 Å². The van der Waals surface area contributed by atoms with E-state index >= 15 is 0 Å². The van der Waals surface area contributed by atoms with Crippen molar-refractivity contribution in [3.05, 3.63) is 27.9 Å². The minimum Gasteiger partial charge on any atom is -0.301 e. The second kappa shape index (κ2) is 2.95. The van der Waals surface area contributed by atoms with Crippen LogP contribution in [0.5, 0.6) is 0 Å². The summed E-state index contributed by atoms with van der Waals surface area (Å²) in [5, 5.41) is 0. The Morgan fingerprint density at radius 2 is 2.00 bits per heavy atom. The van der Waals surface area contributed by atoms with Crippen LogP contribution in [0, 0.1) is 20.8 Å². The smallest absolute Gasteiger partial charge is 0.176 e. The highest BCUT2D eigenvalue weighted by Gasteiger charge is 2.15. The van der Waals surface area contributed by atoms with Crippen molar-refractivity contribution in [2.75, 3.05) is 0 Å². The number of rotatable bonds is 1. The number of nitrogens with zero attached hydrogens (tertiary/aromatic N) is 1. The summed E-state index contributed by atoms with van der Waals surface area (Å²) >= 11 is 1.74. The van der Waals surface area contributed by atoms with Gasteiger partial charge in [-0.1, -0.05) is 0 Å². The Labute approximate surface area is 87.2 Å². The summed E-state index contributed by atoms with van der Waals surface area (Å²) in [7, 11) is 0. The van der Waals surface area contributed by atoms with E-state index in [1.54, 1.807) is 18.3 Å². The average Bonchev–Trinajstić information content (AvgIpc) is 2.51. The second-order valence-corrected chi connectivity index (χ2v) is 4.88. The molecule has 2 aromatic heterocycles. The number of ketones is 1. The van der Waals surface area contributed by atoms with Crippen molar-refractivity contribution in [2.45, 2.75) is 27.7 Å². The van der Waals surface area contributed by atoms with Gasteiger partial charge in [-0.3, -0.25) is 4.79 Å². The minimum atomic E-state index is 0.142. The standard InChI is InChI=1S/C11H13NOS/c1-6-5-10-12(11(6)8(3)13)7(2)9(4)14-10/h5H,1-4H3. The van der Waals surface area contributed by atoms with Gasteiger partial charge in [-0.05, 0) is 32.4 Å². The van der Waals surface area contributed by atoms with Crippen molar-refractivity contribution in [3.8, 4) is 0 Å². The highest BCUT2D eigenvalue weighted by molar-refractivity contribution is 7.17. The predicted molar refractivity (Wildman–Crippen MR) is 59.5 cm³/mol. The molecule has 0 aliphatic heterocycles. The molecule has 0 aliphatic carbocycles. The predicted octanol–water partition coefficient (Wildman–Crippen LogP) is 3.13. The first-order chi connectivity index (χ1) is 6.52. The Morgan fingerprint density at radius 3 is 2.57 bits per heavy atom. The maximum absolute atomic E-state index is 11.5. The van der Waals surface area contributed by atoms with Crippen molar-refractivity contribution in [3.63, 3.8) is 0 Å². The zero-order chi connectivity index (χ0) is 10.5. The first-order valence-electron chi connectivity index (χ1n) is 4.61. The van der Waals surface area contributed by atoms with Crippen molar-refractivity contribution < 1.29 is 4.79 Å². The topological polar surface area (TPSA) is 21.5 Å². The van der Waals surface area contributed by atoms with E-state index < -0.39 is 0 Å². The number of Topliss-reactive ketones (excluding diaryl/α,β-unsaturated/α-hetero) is 1. The third-order valence-electron chi connectivity index (χ3n) is 2.59. The molecule has 2 rings (SSSR count). The number of fused-ring (bicyclic) bond motifs is 1. The Hall–Kier alpha value is -1.09. The van der Waals surface area contributed by atoms with Crippen molar-refractivity contribution >= 4 is 22.0 Å². The van der Waals surface area contributed by atoms with Crippen LogP contribution in [0.25, 0.3) is 4.83 Å². The van der Waals surface area contributed by atoms with Crippen LogP contribution in [-0.4, -0.2) is 10.2 Å². The first-order valence-corrected chi connectivity index (χ1v) is 5.43. The molecule has 3 heteroatoms. The van der Waals surface area contributed by atoms with E-state index in [9.17, 15) is 4.79 Å². The zero-order valence-corrected chi connectivity index (χ0v) is 9.66. The molecule has 0 amide bonds. The summed E-state index contributed by atoms with van der Waals surface area (Å²) in [6.45, 7) is 7.77. The molecule has 0 aliphatic rings. The highest BCUT2D eigenvalue weighted by Crippen LogP contribution is 2.27. The van der Waals surface area contributed by atoms with E-state index in [2.05, 4.69) is 24.3 Å². The van der Waals surface area contributed by atoms with Gasteiger partial charge < -0.3 is 4.40 Å². The van der Waals surface area contributed by atoms with Crippen LogP contribution in [0.3, 0.4) is 0 Å². The van der Waals surface area contributed by atoms with Gasteiger partial charge in [0.05, 0.1) is 5.69 Å². The monoisotopic (exact) mass is 207 g/mol. The molecule has 0 bridgehead atoms. The van der Waals surface area contributed by atoms with Gasteiger partial charge in [0.1, 0.15) is 4.83 Å². The van der Waals surface area contributed by atoms with Gasteiger partial charge >= 0.3 is 0 Å². The van der Waals surface area contributed by atoms with Gasteiger partial charge in [-0.25, -0.2) is 0 Å². The zero-order valence-electron chi connectivity index (χ0n) is 8.84. The lowest BCUT2D eigenvalue weighted by Crippen LogP contribution is -2.01. The lowest BCUT2D eigenvalue weighted by Gasteiger charge is -1.99. The van der Waals surface area contributed by atoms with Gasteiger partial charge in [0.2, 0.25) is 0 Å². The number of carbonyl (C=O) groups excluding carboxylic acids is 1. The van der Waals surface area contributed by atoms with Crippen LogP contribution in [0.15, 0.2) is 6.07 Å². The third kappa shape index (κ3) is 1.12. The number of aromatic nitrogens is 1. The van der Waals surface area contributed by atoms with Crippen LogP contribution in [0.4, 0.5) is 0 Å². The van der Waals surface area contributed by atoms with E-state index in [0.717, 1.165) is 11.3 Å². The molecule has 0 saturated carbocycles. The van der Waals surface area contributed by atoms with Gasteiger partial charge in [-0.2, -0.15) is 0 Å². The van der Waals surface area contributed by atoms with Crippen LogP contribution >= 0.6 is 11.3 Å². The molecule has 0 N–H and O–H groups in total. The maximum Gasteiger partial charge on any atom is 0.176 e. The fourth-order valence-corrected chi connectivity index (χ4v) is 2.94. The number of hydrogen-bond acceptors (Lipinski definition) is 2. The number of aryl methyl sites for hydroxylation is 3. The molecule has 74 valence electrons. The van der Waals surface area contributed by atoms with Crippen LogP contribution < -0.4 is 0 Å². The number of carbonyl (C=O) groups is 1. The summed E-state index contributed by atoms with van der Waals surface area (Å²) in [6, 6.07) is 2.08. The Bertz CT molecular complexity index is 519. The van der Waals surface area contributed by atoms with Gasteiger partial charge in [0, 0.05) is 17.5 Å². The van der Waals surface area contributed by atoms with E-state index in [1.165, 1.54) is 15.4 Å². The Kier molecular flexibility index (Phi) is 2.00. The van der Waals surface area contributed by atoms with E-state index in [0.29, 0.717) is 0 Å². The van der Waals surface area contributed by atoms with Crippen molar-refractivity contribution in [1.82, 2.24) is 4.40 Å². The largest absolute Gasteiger partial charge is 0.301 e. The van der Waals surface area contributed by atoms with Gasteiger partial charge in [0.25, 0.3) is 0 Å². The molecule has 2 heterocycles. The molecule has 14 heavy (non-hydrogen) atoms. The summed E-state index contributed by atoms with van der Waals surface area (Å²) in [6.07, 6.45) is 0. The third-order valence-corrected chi connectivity index (χ3v) is 3.70. The summed E-state index contributed by atoms with van der Waals surface area (Å²) in [5.41, 5.74) is 3.09. The molecule has 0 saturated heterocycles. The molecule has 2 aromatic rings. The molecule has 0 aromatic carbocycles. The van der Waals surface area contributed by atoms with Gasteiger partial charge in [0.15, 0.2) is 5.78 Å². The van der Waals surface area contributed by atoms with Crippen LogP contribution in [0.1, 0.15) is 33.5 Å². The maximum atomic E-state index is 11.5. The van der Waals surface area contributed by atoms with E-state index in [1.807, 2.05) is 6.92 Å². The lowest BCUT2D eigenvalue weighted by molar-refractivity contribution is 0.101. The fraction of sp³-hybridized carbons (Fsp3) is 0.364. The summed E-state index contributed by atoms with van der Waals surface area (Å²) in [4.78, 5) is 13.9. The fourth-order valence-electron chi connectivity index (χ4n) is 1.84. The molecule has 0 spiro atoms. The van der Waals surface area contributed by atoms with Crippen LogP contribution in [-0.2, 0) is 0 Å². The lowest BCUT2D eigenvalue weighted by atomic mass is 10.2. The Morgan fingerprint density at radius 1 is 1.36 bits per heavy atom. The summed E-state index contributed by atoms with van der Waals surface area (Å²) < 4.78 is 2.07. The van der Waals surface area contributed by atoms with Crippen LogP contribution in [0.2, 0.25) is 0 Å². The van der Waals surface area contributed by atoms with Crippen molar-refractivity contribution in [2.24, 2.45) is 0 Å². The normalized spacial score (nSPS) is 11.1. The number of thiazole rings is 1. The highest BCUT2D eigenvalue weighted by atomic mass is 32.1. The second-order valence-electron chi connectivity index (χ2n) is 3.65. The molecule has 0 unspecified atom stereocenters. The molecule has 0 radical (unpaired) electrons. The van der Waals surface area contributed by atoms with E-state index in [-0.39, 0.29) is 5.78 Å². The quantitative estimate of drug-likeness (QED) is 0.658. The molecular weight excluding hydrogens is 194 g/mol. The average molecular weight is 207 g/mol. The SMILES string of the molecule is CC(=O)c1c(C)cc2sc(C)c(C)n12. The minimum absolute atomic E-state index is 0.142.